The minimum absolute atomic E-state index is 0.0270. The first kappa shape index (κ1) is 15.9. The molecule has 2 unspecified atom stereocenters. The molecule has 22 heavy (non-hydrogen) atoms. The van der Waals surface area contributed by atoms with E-state index in [-0.39, 0.29) is 11.9 Å². The maximum atomic E-state index is 12.1. The molecule has 0 aromatic carbocycles. The molecule has 2 heterocycles. The van der Waals surface area contributed by atoms with Crippen molar-refractivity contribution in [2.75, 3.05) is 25.1 Å². The summed E-state index contributed by atoms with van der Waals surface area (Å²) in [6.07, 6.45) is 6.42. The van der Waals surface area contributed by atoms with Crippen LogP contribution in [0.25, 0.3) is 0 Å². The van der Waals surface area contributed by atoms with Gasteiger partial charge in [0, 0.05) is 23.9 Å². The predicted octanol–water partition coefficient (Wildman–Crippen LogP) is 2.37. The highest BCUT2D eigenvalue weighted by atomic mass is 32.1. The Labute approximate surface area is 135 Å². The number of fused-ring (bicyclic) bond motifs is 1. The molecule has 1 aromatic rings. The van der Waals surface area contributed by atoms with Crippen LogP contribution < -0.4 is 10.6 Å². The molecular weight excluding hydrogens is 298 g/mol. The average molecular weight is 323 g/mol. The maximum absolute atomic E-state index is 12.1. The van der Waals surface area contributed by atoms with Gasteiger partial charge in [-0.15, -0.1) is 11.3 Å². The number of thiazole rings is 1. The van der Waals surface area contributed by atoms with E-state index in [1.807, 2.05) is 0 Å². The third-order valence-electron chi connectivity index (χ3n) is 4.42. The van der Waals surface area contributed by atoms with Crippen LogP contribution in [0.3, 0.4) is 0 Å². The molecule has 2 aliphatic rings. The van der Waals surface area contributed by atoms with Gasteiger partial charge >= 0.3 is 0 Å². The van der Waals surface area contributed by atoms with Crippen molar-refractivity contribution in [2.45, 2.75) is 51.5 Å². The molecule has 1 amide bonds. The lowest BCUT2D eigenvalue weighted by atomic mass is 9.88. The van der Waals surface area contributed by atoms with Crippen molar-refractivity contribution in [3.05, 3.63) is 10.6 Å². The summed E-state index contributed by atoms with van der Waals surface area (Å²) in [6.45, 7) is 4.41. The molecule has 3 rings (SSSR count). The van der Waals surface area contributed by atoms with Gasteiger partial charge in [0.05, 0.1) is 18.9 Å². The number of nitrogens with one attached hydrogen (secondary N) is 2. The number of ether oxygens (including phenoxy) is 1. The minimum Gasteiger partial charge on any atom is -0.378 e. The molecule has 1 aliphatic carbocycles. The van der Waals surface area contributed by atoms with E-state index >= 15 is 0 Å². The quantitative estimate of drug-likeness (QED) is 0.873. The molecule has 1 saturated heterocycles. The first-order chi connectivity index (χ1) is 10.7. The number of aromatic nitrogens is 1. The third kappa shape index (κ3) is 4.06. The van der Waals surface area contributed by atoms with Gasteiger partial charge in [0.2, 0.25) is 5.91 Å². The number of morpholine rings is 1. The van der Waals surface area contributed by atoms with Crippen LogP contribution in [-0.2, 0) is 22.4 Å². The number of aryl methyl sites for hydroxylation is 1. The Morgan fingerprint density at radius 2 is 2.45 bits per heavy atom. The van der Waals surface area contributed by atoms with E-state index in [0.717, 1.165) is 37.0 Å². The zero-order chi connectivity index (χ0) is 15.4. The highest BCUT2D eigenvalue weighted by Crippen LogP contribution is 2.34. The zero-order valence-electron chi connectivity index (χ0n) is 13.2. The van der Waals surface area contributed by atoms with Crippen LogP contribution in [0, 0.1) is 5.92 Å². The van der Waals surface area contributed by atoms with Crippen molar-refractivity contribution in [1.29, 1.82) is 0 Å². The summed E-state index contributed by atoms with van der Waals surface area (Å²) in [7, 11) is 0. The third-order valence-corrected chi connectivity index (χ3v) is 5.45. The molecule has 1 fully saturated rings. The van der Waals surface area contributed by atoms with Gasteiger partial charge in [-0.3, -0.25) is 4.79 Å². The lowest BCUT2D eigenvalue weighted by Crippen LogP contribution is -2.43. The molecule has 0 saturated carbocycles. The summed E-state index contributed by atoms with van der Waals surface area (Å²) >= 11 is 1.66. The smallest absolute Gasteiger partial charge is 0.227 e. The van der Waals surface area contributed by atoms with E-state index in [9.17, 15) is 4.79 Å². The normalized spacial score (nSPS) is 24.8. The first-order valence-corrected chi connectivity index (χ1v) is 9.15. The standard InChI is InChI=1S/C16H25N3O2S/c1-2-3-11-4-5-13-14(8-11)22-16(18-13)19-15(20)9-12-10-21-7-6-17-12/h11-12,17H,2-10H2,1H3,(H,18,19,20). The molecule has 2 N–H and O–H groups in total. The molecule has 1 aliphatic heterocycles. The number of hydrogen-bond acceptors (Lipinski definition) is 5. The molecule has 1 aromatic heterocycles. The van der Waals surface area contributed by atoms with E-state index in [0.29, 0.717) is 13.0 Å². The highest BCUT2D eigenvalue weighted by molar-refractivity contribution is 7.15. The monoisotopic (exact) mass is 323 g/mol. The van der Waals surface area contributed by atoms with Gasteiger partial charge in [0.1, 0.15) is 0 Å². The fourth-order valence-corrected chi connectivity index (χ4v) is 4.43. The molecule has 2 atom stereocenters. The molecule has 6 heteroatoms. The van der Waals surface area contributed by atoms with Crippen LogP contribution in [-0.4, -0.2) is 36.7 Å². The highest BCUT2D eigenvalue weighted by Gasteiger charge is 2.23. The van der Waals surface area contributed by atoms with Gasteiger partial charge in [-0.25, -0.2) is 4.98 Å². The second-order valence-electron chi connectivity index (χ2n) is 6.26. The second kappa shape index (κ2) is 7.53. The lowest BCUT2D eigenvalue weighted by Gasteiger charge is -2.22. The SMILES string of the molecule is CCCC1CCc2nc(NC(=O)CC3COCCN3)sc2C1. The van der Waals surface area contributed by atoms with Gasteiger partial charge in [-0.05, 0) is 25.2 Å². The van der Waals surface area contributed by atoms with E-state index in [4.69, 9.17) is 4.74 Å². The van der Waals surface area contributed by atoms with Gasteiger partial charge in [0.25, 0.3) is 0 Å². The topological polar surface area (TPSA) is 63.2 Å². The Kier molecular flexibility index (Phi) is 5.44. The average Bonchev–Trinajstić information content (AvgIpc) is 2.89. The van der Waals surface area contributed by atoms with Crippen LogP contribution in [0.15, 0.2) is 0 Å². The Balaban J connectivity index is 1.54. The fourth-order valence-electron chi connectivity index (χ4n) is 3.30. The van der Waals surface area contributed by atoms with E-state index in [2.05, 4.69) is 22.5 Å². The Morgan fingerprint density at radius 1 is 1.55 bits per heavy atom. The number of amides is 1. The Morgan fingerprint density at radius 3 is 3.23 bits per heavy atom. The van der Waals surface area contributed by atoms with E-state index < -0.39 is 0 Å². The predicted molar refractivity (Wildman–Crippen MR) is 88.4 cm³/mol. The molecule has 0 spiro atoms. The maximum Gasteiger partial charge on any atom is 0.227 e. The second-order valence-corrected chi connectivity index (χ2v) is 7.35. The van der Waals surface area contributed by atoms with Gasteiger partial charge in [0.15, 0.2) is 5.13 Å². The summed E-state index contributed by atoms with van der Waals surface area (Å²) in [5.41, 5.74) is 1.20. The molecule has 122 valence electrons. The van der Waals surface area contributed by atoms with Gasteiger partial charge in [-0.2, -0.15) is 0 Å². The lowest BCUT2D eigenvalue weighted by molar-refractivity contribution is -0.117. The summed E-state index contributed by atoms with van der Waals surface area (Å²) in [5.74, 6) is 0.823. The number of hydrogen-bond donors (Lipinski definition) is 2. The molecule has 0 radical (unpaired) electrons. The largest absolute Gasteiger partial charge is 0.378 e. The number of carbonyl (C=O) groups excluding carboxylic acids is 1. The van der Waals surface area contributed by atoms with Crippen molar-refractivity contribution < 1.29 is 9.53 Å². The van der Waals surface area contributed by atoms with Crippen LogP contribution in [0.4, 0.5) is 5.13 Å². The van der Waals surface area contributed by atoms with Crippen LogP contribution >= 0.6 is 11.3 Å². The van der Waals surface area contributed by atoms with E-state index in [1.54, 1.807) is 11.3 Å². The number of anilines is 1. The number of nitrogens with zero attached hydrogens (tertiary/aromatic N) is 1. The summed E-state index contributed by atoms with van der Waals surface area (Å²) in [5, 5.41) is 7.04. The molecule has 0 bridgehead atoms. The van der Waals surface area contributed by atoms with Crippen molar-refractivity contribution in [3.63, 3.8) is 0 Å². The Hall–Kier alpha value is -0.980. The van der Waals surface area contributed by atoms with Gasteiger partial charge in [-0.1, -0.05) is 19.8 Å². The molecular formula is C16H25N3O2S. The van der Waals surface area contributed by atoms with Crippen molar-refractivity contribution in [3.8, 4) is 0 Å². The van der Waals surface area contributed by atoms with Crippen LogP contribution in [0.5, 0.6) is 0 Å². The van der Waals surface area contributed by atoms with E-state index in [1.165, 1.54) is 29.8 Å². The summed E-state index contributed by atoms with van der Waals surface area (Å²) in [4.78, 5) is 18.1. The molecule has 5 nitrogen and oxygen atoms in total. The number of rotatable bonds is 5. The van der Waals surface area contributed by atoms with Crippen LogP contribution in [0.1, 0.15) is 43.2 Å². The summed E-state index contributed by atoms with van der Waals surface area (Å²) < 4.78 is 5.38. The van der Waals surface area contributed by atoms with Crippen LogP contribution in [0.2, 0.25) is 0 Å². The minimum atomic E-state index is 0.0270. The van der Waals surface area contributed by atoms with Crippen molar-refractivity contribution in [1.82, 2.24) is 10.3 Å². The van der Waals surface area contributed by atoms with Gasteiger partial charge < -0.3 is 15.4 Å². The zero-order valence-corrected chi connectivity index (χ0v) is 14.0. The number of carbonyl (C=O) groups is 1. The Bertz CT molecular complexity index is 511. The fraction of sp³-hybridized carbons (Fsp3) is 0.750. The van der Waals surface area contributed by atoms with Crippen molar-refractivity contribution in [2.24, 2.45) is 5.92 Å². The van der Waals surface area contributed by atoms with Crippen molar-refractivity contribution >= 4 is 22.4 Å². The first-order valence-electron chi connectivity index (χ1n) is 8.34. The summed E-state index contributed by atoms with van der Waals surface area (Å²) in [6, 6.07) is 0.122.